The molecule has 0 saturated carbocycles. The Morgan fingerprint density at radius 2 is 2.25 bits per heavy atom. The van der Waals surface area contributed by atoms with Crippen LogP contribution in [0.25, 0.3) is 0 Å². The minimum atomic E-state index is -0.246. The van der Waals surface area contributed by atoms with Crippen molar-refractivity contribution < 1.29 is 9.59 Å². The van der Waals surface area contributed by atoms with E-state index in [1.54, 1.807) is 6.20 Å². The average Bonchev–Trinajstić information content (AvgIpc) is 2.60. The van der Waals surface area contributed by atoms with Crippen molar-refractivity contribution in [3.8, 4) is 0 Å². The van der Waals surface area contributed by atoms with Crippen molar-refractivity contribution in [1.29, 1.82) is 0 Å². The Bertz CT molecular complexity index is 559. The Kier molecular flexibility index (Phi) is 6.58. The van der Waals surface area contributed by atoms with Crippen molar-refractivity contribution in [2.24, 2.45) is 17.6 Å². The number of pyridine rings is 1. The third-order valence-corrected chi connectivity index (χ3v) is 4.60. The lowest BCUT2D eigenvalue weighted by Crippen LogP contribution is -2.41. The summed E-state index contributed by atoms with van der Waals surface area (Å²) in [7, 11) is 0. The van der Waals surface area contributed by atoms with E-state index in [1.165, 1.54) is 0 Å². The summed E-state index contributed by atoms with van der Waals surface area (Å²) < 4.78 is 0. The molecule has 1 fully saturated rings. The number of hydrogen-bond donors (Lipinski definition) is 2. The van der Waals surface area contributed by atoms with E-state index < -0.39 is 0 Å². The third kappa shape index (κ3) is 4.94. The van der Waals surface area contributed by atoms with E-state index in [-0.39, 0.29) is 23.7 Å². The van der Waals surface area contributed by atoms with Crippen molar-refractivity contribution in [2.75, 3.05) is 23.3 Å². The second-order valence-electron chi connectivity index (χ2n) is 6.63. The molecule has 0 spiro atoms. The molecule has 2 rings (SSSR count). The number of nitrogens with one attached hydrogen (secondary N) is 1. The molecule has 1 aromatic rings. The Hall–Kier alpha value is -2.11. The molecule has 1 saturated heterocycles. The third-order valence-electron chi connectivity index (χ3n) is 4.60. The molecule has 0 unspecified atom stereocenters. The highest BCUT2D eigenvalue weighted by Gasteiger charge is 2.24. The van der Waals surface area contributed by atoms with E-state index in [0.717, 1.165) is 44.5 Å². The molecule has 0 aliphatic carbocycles. The number of nitrogens with two attached hydrogens (primary N) is 1. The van der Waals surface area contributed by atoms with Gasteiger partial charge in [0.05, 0.1) is 17.8 Å². The highest BCUT2D eigenvalue weighted by atomic mass is 16.2. The zero-order valence-electron chi connectivity index (χ0n) is 14.6. The van der Waals surface area contributed by atoms with Gasteiger partial charge in [0.1, 0.15) is 5.82 Å². The normalized spacial score (nSPS) is 18.9. The monoisotopic (exact) mass is 332 g/mol. The number of piperidine rings is 1. The molecule has 1 aliphatic rings. The first-order chi connectivity index (χ1) is 11.5. The van der Waals surface area contributed by atoms with E-state index >= 15 is 0 Å². The fraction of sp³-hybridized carbons (Fsp3) is 0.611. The summed E-state index contributed by atoms with van der Waals surface area (Å²) in [4.78, 5) is 30.0. The van der Waals surface area contributed by atoms with Gasteiger partial charge in [0.15, 0.2) is 0 Å². The maximum Gasteiger partial charge on any atom is 0.227 e. The predicted octanol–water partition coefficient (Wildman–Crippen LogP) is 2.55. The predicted molar refractivity (Wildman–Crippen MR) is 95.7 cm³/mol. The van der Waals surface area contributed by atoms with Crippen LogP contribution in [0.3, 0.4) is 0 Å². The van der Waals surface area contributed by atoms with Crippen LogP contribution < -0.4 is 16.0 Å². The Morgan fingerprint density at radius 1 is 1.46 bits per heavy atom. The quantitative estimate of drug-likeness (QED) is 0.803. The van der Waals surface area contributed by atoms with Crippen LogP contribution in [0.5, 0.6) is 0 Å². The summed E-state index contributed by atoms with van der Waals surface area (Å²) in [6.45, 7) is 5.56. The summed E-state index contributed by atoms with van der Waals surface area (Å²) in [6, 6.07) is 3.75. The minimum Gasteiger partial charge on any atom is -0.369 e. The molecular weight excluding hydrogens is 304 g/mol. The van der Waals surface area contributed by atoms with Gasteiger partial charge in [-0.2, -0.15) is 0 Å². The molecule has 2 heterocycles. The fourth-order valence-corrected chi connectivity index (χ4v) is 2.97. The summed E-state index contributed by atoms with van der Waals surface area (Å²) in [6.07, 6.45) is 6.50. The van der Waals surface area contributed by atoms with Crippen molar-refractivity contribution in [2.45, 2.75) is 46.0 Å². The van der Waals surface area contributed by atoms with Crippen LogP contribution in [-0.4, -0.2) is 29.9 Å². The largest absolute Gasteiger partial charge is 0.369 e. The smallest absolute Gasteiger partial charge is 0.227 e. The molecule has 24 heavy (non-hydrogen) atoms. The molecule has 1 aliphatic heterocycles. The maximum atomic E-state index is 12.1. The van der Waals surface area contributed by atoms with E-state index in [2.05, 4.69) is 22.1 Å². The fourth-order valence-electron chi connectivity index (χ4n) is 2.97. The first-order valence-corrected chi connectivity index (χ1v) is 8.82. The Morgan fingerprint density at radius 3 is 2.88 bits per heavy atom. The number of unbranched alkanes of at least 4 members (excludes halogenated alkanes) is 1. The van der Waals surface area contributed by atoms with E-state index in [0.29, 0.717) is 12.2 Å². The van der Waals surface area contributed by atoms with Crippen LogP contribution in [0, 0.1) is 11.8 Å². The van der Waals surface area contributed by atoms with Gasteiger partial charge in [-0.3, -0.25) is 9.59 Å². The van der Waals surface area contributed by atoms with Crippen LogP contribution in [0.15, 0.2) is 18.3 Å². The number of primary amides is 1. The number of carbonyl (C=O) groups is 2. The number of rotatable bonds is 7. The van der Waals surface area contributed by atoms with Gasteiger partial charge in [-0.25, -0.2) is 4.98 Å². The molecule has 2 amide bonds. The highest BCUT2D eigenvalue weighted by Crippen LogP contribution is 2.22. The SMILES string of the molecule is CCCC[C@@H](C)C(=O)Nc1ccc(N2CCC[C@@H](C(N)=O)C2)nc1. The lowest BCUT2D eigenvalue weighted by atomic mass is 9.97. The van der Waals surface area contributed by atoms with Crippen LogP contribution in [0.1, 0.15) is 46.0 Å². The van der Waals surface area contributed by atoms with Gasteiger partial charge in [0.25, 0.3) is 0 Å². The molecule has 2 atom stereocenters. The summed E-state index contributed by atoms with van der Waals surface area (Å²) >= 11 is 0. The van der Waals surface area contributed by atoms with Crippen LogP contribution in [0.4, 0.5) is 11.5 Å². The molecule has 1 aromatic heterocycles. The first kappa shape index (κ1) is 18.2. The van der Waals surface area contributed by atoms with Crippen LogP contribution in [-0.2, 0) is 9.59 Å². The second kappa shape index (κ2) is 8.66. The zero-order valence-corrected chi connectivity index (χ0v) is 14.6. The lowest BCUT2D eigenvalue weighted by Gasteiger charge is -2.32. The molecule has 6 nitrogen and oxygen atoms in total. The van der Waals surface area contributed by atoms with E-state index in [9.17, 15) is 9.59 Å². The van der Waals surface area contributed by atoms with Crippen molar-refractivity contribution in [1.82, 2.24) is 4.98 Å². The Balaban J connectivity index is 1.93. The van der Waals surface area contributed by atoms with Crippen molar-refractivity contribution in [3.63, 3.8) is 0 Å². The van der Waals surface area contributed by atoms with Crippen LogP contribution >= 0.6 is 0 Å². The topological polar surface area (TPSA) is 88.3 Å². The molecule has 0 aromatic carbocycles. The second-order valence-corrected chi connectivity index (χ2v) is 6.63. The molecule has 132 valence electrons. The van der Waals surface area contributed by atoms with Crippen LogP contribution in [0.2, 0.25) is 0 Å². The molecule has 6 heteroatoms. The number of anilines is 2. The molecule has 0 radical (unpaired) electrons. The zero-order chi connectivity index (χ0) is 17.5. The van der Waals surface area contributed by atoms with Gasteiger partial charge in [0.2, 0.25) is 11.8 Å². The Labute approximate surface area is 143 Å². The van der Waals surface area contributed by atoms with Gasteiger partial charge >= 0.3 is 0 Å². The average molecular weight is 332 g/mol. The van der Waals surface area contributed by atoms with E-state index in [1.807, 2.05) is 19.1 Å². The van der Waals surface area contributed by atoms with Gasteiger partial charge in [-0.1, -0.05) is 26.7 Å². The van der Waals surface area contributed by atoms with Gasteiger partial charge < -0.3 is 16.0 Å². The number of carbonyl (C=O) groups excluding carboxylic acids is 2. The van der Waals surface area contributed by atoms with E-state index in [4.69, 9.17) is 5.73 Å². The number of amides is 2. The summed E-state index contributed by atoms with van der Waals surface area (Å²) in [5.74, 6) is 0.495. The maximum absolute atomic E-state index is 12.1. The molecule has 3 N–H and O–H groups in total. The van der Waals surface area contributed by atoms with Crippen molar-refractivity contribution in [3.05, 3.63) is 18.3 Å². The minimum absolute atomic E-state index is 0.00282. The van der Waals surface area contributed by atoms with Gasteiger partial charge in [-0.15, -0.1) is 0 Å². The highest BCUT2D eigenvalue weighted by molar-refractivity contribution is 5.92. The standard InChI is InChI=1S/C18H28N4O2/c1-3-4-6-13(2)18(24)21-15-8-9-16(20-11-15)22-10-5-7-14(12-22)17(19)23/h8-9,11,13-14H,3-7,10,12H2,1-2H3,(H2,19,23)(H,21,24)/t13-,14-/m1/s1. The number of hydrogen-bond acceptors (Lipinski definition) is 4. The van der Waals surface area contributed by atoms with Gasteiger partial charge in [0, 0.05) is 19.0 Å². The number of aromatic nitrogens is 1. The first-order valence-electron chi connectivity index (χ1n) is 8.82. The summed E-state index contributed by atoms with van der Waals surface area (Å²) in [5.41, 5.74) is 6.12. The lowest BCUT2D eigenvalue weighted by molar-refractivity contribution is -0.122. The molecular formula is C18H28N4O2. The molecule has 0 bridgehead atoms. The van der Waals surface area contributed by atoms with Crippen molar-refractivity contribution >= 4 is 23.3 Å². The van der Waals surface area contributed by atoms with Gasteiger partial charge in [-0.05, 0) is 31.4 Å². The number of nitrogens with zero attached hydrogens (tertiary/aromatic N) is 2. The summed E-state index contributed by atoms with van der Waals surface area (Å²) in [5, 5.41) is 2.91.